The van der Waals surface area contributed by atoms with Crippen LogP contribution in [0.3, 0.4) is 0 Å². The molecule has 118 valence electrons. The Kier molecular flexibility index (Phi) is 9.29. The summed E-state index contributed by atoms with van der Waals surface area (Å²) in [7, 11) is 1.97. The Morgan fingerprint density at radius 1 is 1.41 bits per heavy atom. The zero-order valence-corrected chi connectivity index (χ0v) is 14.4. The van der Waals surface area contributed by atoms with Crippen molar-refractivity contribution in [1.82, 2.24) is 4.90 Å². The van der Waals surface area contributed by atoms with Gasteiger partial charge >= 0.3 is 0 Å². The number of hydrogen-bond donors (Lipinski definition) is 0. The molecule has 0 aromatic carbocycles. The van der Waals surface area contributed by atoms with E-state index in [1.54, 1.807) is 6.08 Å². The third-order valence-corrected chi connectivity index (χ3v) is 3.24. The van der Waals surface area contributed by atoms with Gasteiger partial charge in [-0.15, -0.1) is 0 Å². The van der Waals surface area contributed by atoms with Crippen LogP contribution >= 0.6 is 0 Å². The van der Waals surface area contributed by atoms with E-state index in [9.17, 15) is 0 Å². The third kappa shape index (κ3) is 6.90. The van der Waals surface area contributed by atoms with Crippen LogP contribution in [-0.2, 0) is 0 Å². The predicted molar refractivity (Wildman–Crippen MR) is 96.5 cm³/mol. The minimum Gasteiger partial charge on any atom is -0.356 e. The summed E-state index contributed by atoms with van der Waals surface area (Å²) in [6, 6.07) is 2.04. The highest BCUT2D eigenvalue weighted by atomic mass is 15.2. The van der Waals surface area contributed by atoms with Crippen molar-refractivity contribution in [1.29, 1.82) is 5.26 Å². The quantitative estimate of drug-likeness (QED) is 0.372. The monoisotopic (exact) mass is 297 g/mol. The molecule has 0 aliphatic heterocycles. The van der Waals surface area contributed by atoms with Gasteiger partial charge in [0.15, 0.2) is 0 Å². The van der Waals surface area contributed by atoms with Crippen LogP contribution in [-0.4, -0.2) is 24.2 Å². The van der Waals surface area contributed by atoms with Gasteiger partial charge < -0.3 is 4.90 Å². The maximum absolute atomic E-state index is 8.91. The van der Waals surface area contributed by atoms with Crippen molar-refractivity contribution in [2.75, 3.05) is 13.6 Å². The van der Waals surface area contributed by atoms with E-state index in [2.05, 4.69) is 27.0 Å². The molecule has 0 bridgehead atoms. The van der Waals surface area contributed by atoms with E-state index in [0.29, 0.717) is 18.0 Å². The van der Waals surface area contributed by atoms with Crippen molar-refractivity contribution < 1.29 is 0 Å². The van der Waals surface area contributed by atoms with Gasteiger partial charge in [0.1, 0.15) is 5.82 Å². The molecule has 0 unspecified atom stereocenters. The first-order valence-electron chi connectivity index (χ1n) is 7.38. The molecule has 0 amide bonds. The van der Waals surface area contributed by atoms with E-state index in [1.165, 1.54) is 0 Å². The fourth-order valence-electron chi connectivity index (χ4n) is 1.47. The van der Waals surface area contributed by atoms with E-state index in [0.717, 1.165) is 17.1 Å². The van der Waals surface area contributed by atoms with Crippen molar-refractivity contribution in [3.63, 3.8) is 0 Å². The molecule has 0 spiro atoms. The summed E-state index contributed by atoms with van der Waals surface area (Å²) < 4.78 is 0. The number of aliphatic imine (C=N–C) groups is 1. The van der Waals surface area contributed by atoms with E-state index in [1.807, 2.05) is 56.2 Å². The molecular weight excluding hydrogens is 270 g/mol. The lowest BCUT2D eigenvalue weighted by atomic mass is 10.1. The van der Waals surface area contributed by atoms with Crippen molar-refractivity contribution >= 4 is 5.71 Å². The first kappa shape index (κ1) is 19.7. The standard InChI is InChI=1S/C19H27N3/c1-8-10-11-19(21-17(6)15(3)4)22(7)13-12-18(9-2)16(5)14-20/h8-12,15H,2,5,13H2,1,3-4,6-7H3/b10-8-,18-12+,19-11+,21-17?. The van der Waals surface area contributed by atoms with Gasteiger partial charge in [-0.05, 0) is 31.4 Å². The SMILES string of the molecule is C=C/C(=C\CN(C)/C(=C/C=C\C)N=C(C)C(C)C)C(=C)C#N. The first-order valence-corrected chi connectivity index (χ1v) is 7.38. The number of rotatable bonds is 8. The highest BCUT2D eigenvalue weighted by molar-refractivity contribution is 5.84. The van der Waals surface area contributed by atoms with Gasteiger partial charge in [0.05, 0.1) is 11.6 Å². The van der Waals surface area contributed by atoms with Crippen LogP contribution in [0, 0.1) is 17.2 Å². The van der Waals surface area contributed by atoms with Crippen LogP contribution in [0.15, 0.2) is 65.5 Å². The molecule has 0 rings (SSSR count). The maximum Gasteiger partial charge on any atom is 0.128 e. The molecule has 0 heterocycles. The van der Waals surface area contributed by atoms with Gasteiger partial charge in [-0.25, -0.2) is 4.99 Å². The van der Waals surface area contributed by atoms with Crippen molar-refractivity contribution in [2.24, 2.45) is 10.9 Å². The number of likely N-dealkylation sites (N-methyl/N-ethyl adjacent to an activating group) is 1. The number of nitriles is 1. The lowest BCUT2D eigenvalue weighted by Gasteiger charge is -2.19. The highest BCUT2D eigenvalue weighted by Gasteiger charge is 2.05. The summed E-state index contributed by atoms with van der Waals surface area (Å²) in [5, 5.41) is 8.91. The lowest BCUT2D eigenvalue weighted by Crippen LogP contribution is -2.18. The molecule has 0 aromatic heterocycles. The Bertz CT molecular complexity index is 552. The molecule has 0 fully saturated rings. The third-order valence-electron chi connectivity index (χ3n) is 3.24. The molecule has 0 N–H and O–H groups in total. The van der Waals surface area contributed by atoms with E-state index >= 15 is 0 Å². The van der Waals surface area contributed by atoms with Gasteiger partial charge in [-0.1, -0.05) is 51.3 Å². The topological polar surface area (TPSA) is 39.4 Å². The molecular formula is C19H27N3. The zero-order valence-electron chi connectivity index (χ0n) is 14.4. The largest absolute Gasteiger partial charge is 0.356 e. The number of hydrogen-bond acceptors (Lipinski definition) is 3. The van der Waals surface area contributed by atoms with E-state index in [-0.39, 0.29) is 0 Å². The fraction of sp³-hybridized carbons (Fsp3) is 0.368. The summed E-state index contributed by atoms with van der Waals surface area (Å²) >= 11 is 0. The lowest BCUT2D eigenvalue weighted by molar-refractivity contribution is 0.458. The summed E-state index contributed by atoms with van der Waals surface area (Å²) in [4.78, 5) is 6.72. The minimum atomic E-state index is 0.403. The van der Waals surface area contributed by atoms with Crippen LogP contribution in [0.5, 0.6) is 0 Å². The molecule has 0 aliphatic rings. The van der Waals surface area contributed by atoms with Crippen LogP contribution in [0.25, 0.3) is 0 Å². The number of allylic oxidation sites excluding steroid dienone is 6. The highest BCUT2D eigenvalue weighted by Crippen LogP contribution is 2.11. The second-order valence-electron chi connectivity index (χ2n) is 5.29. The molecule has 0 atom stereocenters. The van der Waals surface area contributed by atoms with Gasteiger partial charge in [0.25, 0.3) is 0 Å². The van der Waals surface area contributed by atoms with Crippen molar-refractivity contribution in [3.8, 4) is 6.07 Å². The smallest absolute Gasteiger partial charge is 0.128 e. The van der Waals surface area contributed by atoms with E-state index < -0.39 is 0 Å². The van der Waals surface area contributed by atoms with Gasteiger partial charge in [-0.2, -0.15) is 5.26 Å². The van der Waals surface area contributed by atoms with Crippen LogP contribution < -0.4 is 0 Å². The maximum atomic E-state index is 8.91. The van der Waals surface area contributed by atoms with Crippen molar-refractivity contribution in [2.45, 2.75) is 27.7 Å². The van der Waals surface area contributed by atoms with Gasteiger partial charge in [-0.3, -0.25) is 0 Å². The first-order chi connectivity index (χ1) is 10.4. The second-order valence-corrected chi connectivity index (χ2v) is 5.29. The Morgan fingerprint density at radius 2 is 2.05 bits per heavy atom. The van der Waals surface area contributed by atoms with Crippen LogP contribution in [0.4, 0.5) is 0 Å². The normalized spacial score (nSPS) is 13.4. The van der Waals surface area contributed by atoms with Gasteiger partial charge in [0, 0.05) is 19.3 Å². The molecule has 0 saturated carbocycles. The number of nitrogens with zero attached hydrogens (tertiary/aromatic N) is 3. The fourth-order valence-corrected chi connectivity index (χ4v) is 1.47. The van der Waals surface area contributed by atoms with E-state index in [4.69, 9.17) is 10.3 Å². The summed E-state index contributed by atoms with van der Waals surface area (Å²) in [5.74, 6) is 1.28. The molecule has 3 nitrogen and oxygen atoms in total. The van der Waals surface area contributed by atoms with Crippen LogP contribution in [0.2, 0.25) is 0 Å². The van der Waals surface area contributed by atoms with Crippen LogP contribution in [0.1, 0.15) is 27.7 Å². The molecule has 0 saturated heterocycles. The molecule has 0 aromatic rings. The molecule has 0 aliphatic carbocycles. The Morgan fingerprint density at radius 3 is 2.50 bits per heavy atom. The summed E-state index contributed by atoms with van der Waals surface area (Å²) in [5.41, 5.74) is 2.26. The second kappa shape index (κ2) is 10.4. The Balaban J connectivity index is 5.32. The Labute approximate surface area is 135 Å². The average Bonchev–Trinajstić information content (AvgIpc) is 2.50. The minimum absolute atomic E-state index is 0.403. The molecule has 3 heteroatoms. The van der Waals surface area contributed by atoms with Gasteiger partial charge in [0.2, 0.25) is 0 Å². The predicted octanol–water partition coefficient (Wildman–Crippen LogP) is 4.64. The molecule has 0 radical (unpaired) electrons. The van der Waals surface area contributed by atoms with Crippen molar-refractivity contribution in [3.05, 3.63) is 60.5 Å². The Hall–Kier alpha value is -2.34. The summed E-state index contributed by atoms with van der Waals surface area (Å²) in [6.45, 7) is 16.3. The average molecular weight is 297 g/mol. The zero-order chi connectivity index (χ0) is 17.1. The molecule has 22 heavy (non-hydrogen) atoms. The summed E-state index contributed by atoms with van der Waals surface area (Å²) in [6.07, 6.45) is 9.50.